The molecule has 0 radical (unpaired) electrons. The first kappa shape index (κ1) is 71.3. The van der Waals surface area contributed by atoms with Crippen molar-refractivity contribution in [3.05, 3.63) is 72.9 Å². The minimum atomic E-state index is -0.775. The molecule has 0 spiro atoms. The molecule has 0 aliphatic heterocycles. The van der Waals surface area contributed by atoms with Gasteiger partial charge >= 0.3 is 11.9 Å². The zero-order chi connectivity index (χ0) is 53.4. The van der Waals surface area contributed by atoms with Gasteiger partial charge in [0.05, 0.1) is 6.61 Å². The van der Waals surface area contributed by atoms with Crippen molar-refractivity contribution in [3.8, 4) is 0 Å². The Kier molecular flexibility index (Phi) is 62.3. The second-order valence-corrected chi connectivity index (χ2v) is 21.8. The van der Waals surface area contributed by atoms with Crippen LogP contribution >= 0.6 is 0 Å². The minimum absolute atomic E-state index is 0.0645. The van der Waals surface area contributed by atoms with Crippen molar-refractivity contribution in [2.45, 2.75) is 341 Å². The third kappa shape index (κ3) is 61.9. The molecule has 1 N–H and O–H groups in total. The maximum atomic E-state index is 12.3. The van der Waals surface area contributed by atoms with Crippen LogP contribution in [0.2, 0.25) is 0 Å². The van der Waals surface area contributed by atoms with E-state index in [-0.39, 0.29) is 25.2 Å². The van der Waals surface area contributed by atoms with E-state index in [1.807, 2.05) is 0 Å². The highest BCUT2D eigenvalue weighted by atomic mass is 16.6. The molecule has 430 valence electrons. The van der Waals surface area contributed by atoms with Gasteiger partial charge < -0.3 is 14.6 Å². The SMILES string of the molecule is CC/C=C\C/C=C\C/C=C\C/C=C\C/C=C\CCCCCCCCCCCCCCCC(=O)OC(CO)COC(=O)CCCCCCCCCCCCCCCCCCCCC/C=C\CCCCCCCCCC. The Balaban J connectivity index is 3.44. The second kappa shape index (κ2) is 64.6. The lowest BCUT2D eigenvalue weighted by Crippen LogP contribution is -2.28. The van der Waals surface area contributed by atoms with Crippen molar-refractivity contribution in [1.29, 1.82) is 0 Å². The maximum Gasteiger partial charge on any atom is 0.306 e. The Bertz CT molecular complexity index is 1310. The van der Waals surface area contributed by atoms with Gasteiger partial charge in [-0.05, 0) is 83.5 Å². The molecular weight excluding hydrogens is 909 g/mol. The Morgan fingerprint density at radius 2 is 0.581 bits per heavy atom. The Morgan fingerprint density at radius 1 is 0.324 bits per heavy atom. The highest BCUT2D eigenvalue weighted by Crippen LogP contribution is 2.18. The molecule has 5 heteroatoms. The number of carbonyl (C=O) groups is 2. The summed E-state index contributed by atoms with van der Waals surface area (Å²) in [7, 11) is 0. The Hall–Kier alpha value is -2.66. The van der Waals surface area contributed by atoms with Crippen LogP contribution in [0.3, 0.4) is 0 Å². The van der Waals surface area contributed by atoms with Crippen LogP contribution in [0.25, 0.3) is 0 Å². The van der Waals surface area contributed by atoms with Crippen LogP contribution < -0.4 is 0 Å². The van der Waals surface area contributed by atoms with Crippen LogP contribution in [-0.4, -0.2) is 36.4 Å². The number of carbonyl (C=O) groups excluding carboxylic acids is 2. The van der Waals surface area contributed by atoms with E-state index in [0.29, 0.717) is 12.8 Å². The molecule has 0 heterocycles. The third-order valence-corrected chi connectivity index (χ3v) is 14.5. The number of aliphatic hydroxyl groups is 1. The number of unbranched alkanes of at least 4 members (excludes halogenated alkanes) is 40. The minimum Gasteiger partial charge on any atom is -0.462 e. The fourth-order valence-electron chi connectivity index (χ4n) is 9.64. The molecule has 0 aliphatic carbocycles. The summed E-state index contributed by atoms with van der Waals surface area (Å²) >= 11 is 0. The first-order valence-electron chi connectivity index (χ1n) is 32.5. The molecule has 5 nitrogen and oxygen atoms in total. The van der Waals surface area contributed by atoms with Gasteiger partial charge in [-0.15, -0.1) is 0 Å². The van der Waals surface area contributed by atoms with Crippen LogP contribution in [0.4, 0.5) is 0 Å². The average molecular weight is 1030 g/mol. The van der Waals surface area contributed by atoms with Crippen LogP contribution in [-0.2, 0) is 19.1 Å². The molecule has 0 amide bonds. The fraction of sp³-hybridized carbons (Fsp3) is 0.797. The molecule has 0 bridgehead atoms. The Morgan fingerprint density at radius 3 is 0.892 bits per heavy atom. The van der Waals surface area contributed by atoms with Crippen LogP contribution in [0, 0.1) is 0 Å². The molecule has 0 aliphatic rings. The molecule has 0 aromatic rings. The van der Waals surface area contributed by atoms with Crippen molar-refractivity contribution in [2.75, 3.05) is 13.2 Å². The topological polar surface area (TPSA) is 72.8 Å². The molecule has 1 atom stereocenters. The smallest absolute Gasteiger partial charge is 0.306 e. The number of aliphatic hydroxyl groups excluding tert-OH is 1. The van der Waals surface area contributed by atoms with Gasteiger partial charge in [-0.3, -0.25) is 9.59 Å². The predicted molar refractivity (Wildman–Crippen MR) is 325 cm³/mol. The number of hydrogen-bond acceptors (Lipinski definition) is 5. The van der Waals surface area contributed by atoms with Crippen molar-refractivity contribution in [1.82, 2.24) is 0 Å². The molecule has 1 unspecified atom stereocenters. The quantitative estimate of drug-likeness (QED) is 0.0373. The summed E-state index contributed by atoms with van der Waals surface area (Å²) < 4.78 is 10.7. The lowest BCUT2D eigenvalue weighted by atomic mass is 10.0. The van der Waals surface area contributed by atoms with E-state index in [4.69, 9.17) is 9.47 Å². The zero-order valence-electron chi connectivity index (χ0n) is 49.4. The molecule has 0 saturated heterocycles. The lowest BCUT2D eigenvalue weighted by Gasteiger charge is -2.15. The molecule has 74 heavy (non-hydrogen) atoms. The summed E-state index contributed by atoms with van der Waals surface area (Å²) in [4.78, 5) is 24.6. The molecule has 0 fully saturated rings. The number of ether oxygens (including phenoxy) is 2. The average Bonchev–Trinajstić information content (AvgIpc) is 3.40. The number of rotatable bonds is 60. The van der Waals surface area contributed by atoms with Gasteiger partial charge in [-0.1, -0.05) is 311 Å². The van der Waals surface area contributed by atoms with E-state index in [9.17, 15) is 14.7 Å². The molecular formula is C69H124O5. The summed E-state index contributed by atoms with van der Waals surface area (Å²) in [6.45, 7) is 4.07. The van der Waals surface area contributed by atoms with Gasteiger partial charge in [0.1, 0.15) is 6.61 Å². The molecule has 0 aromatic carbocycles. The second-order valence-electron chi connectivity index (χ2n) is 21.8. The monoisotopic (exact) mass is 1030 g/mol. The molecule has 0 rings (SSSR count). The van der Waals surface area contributed by atoms with Gasteiger partial charge in [-0.2, -0.15) is 0 Å². The zero-order valence-corrected chi connectivity index (χ0v) is 49.4. The standard InChI is InChI=1S/C69H124O5/c1-3-5-7-9-11-13-15-17-19-21-23-25-27-29-31-33-34-36-37-39-41-43-45-47-49-51-53-55-57-59-61-63-68(71)73-66-67(65-70)74-69(72)64-62-60-58-56-54-52-50-48-46-44-42-40-38-35-32-30-28-26-24-22-20-18-16-14-12-10-8-6-4-2/h6,8,12,14,18,20-21,23-24,26,30,32,67,70H,3-5,7,9-11,13,15-17,19,22,25,27-29,31,33-66H2,1-2H3/b8-6-,14-12-,20-18-,23-21-,26-24-,32-30-. The molecule has 0 aromatic heterocycles. The first-order valence-corrected chi connectivity index (χ1v) is 32.5. The third-order valence-electron chi connectivity index (χ3n) is 14.5. The fourth-order valence-corrected chi connectivity index (χ4v) is 9.64. The summed E-state index contributed by atoms with van der Waals surface area (Å²) in [6, 6.07) is 0. The highest BCUT2D eigenvalue weighted by Gasteiger charge is 2.16. The van der Waals surface area contributed by atoms with E-state index in [1.54, 1.807) is 0 Å². The summed E-state index contributed by atoms with van der Waals surface area (Å²) in [5.74, 6) is -0.578. The van der Waals surface area contributed by atoms with Crippen molar-refractivity contribution in [2.24, 2.45) is 0 Å². The number of allylic oxidation sites excluding steroid dienone is 12. The van der Waals surface area contributed by atoms with Crippen molar-refractivity contribution >= 4 is 11.9 Å². The Labute approximate surface area is 461 Å². The van der Waals surface area contributed by atoms with E-state index in [1.165, 1.54) is 238 Å². The van der Waals surface area contributed by atoms with Gasteiger partial charge in [0, 0.05) is 12.8 Å². The van der Waals surface area contributed by atoms with Gasteiger partial charge in [0.15, 0.2) is 6.10 Å². The van der Waals surface area contributed by atoms with Crippen molar-refractivity contribution in [3.63, 3.8) is 0 Å². The largest absolute Gasteiger partial charge is 0.462 e. The predicted octanol–water partition coefficient (Wildman–Crippen LogP) is 22.3. The first-order chi connectivity index (χ1) is 36.6. The van der Waals surface area contributed by atoms with E-state index < -0.39 is 6.10 Å². The van der Waals surface area contributed by atoms with Gasteiger partial charge in [-0.25, -0.2) is 0 Å². The lowest BCUT2D eigenvalue weighted by molar-refractivity contribution is -0.161. The number of hydrogen-bond donors (Lipinski definition) is 1. The van der Waals surface area contributed by atoms with Gasteiger partial charge in [0.2, 0.25) is 0 Å². The summed E-state index contributed by atoms with van der Waals surface area (Å²) in [5, 5.41) is 9.69. The van der Waals surface area contributed by atoms with E-state index in [2.05, 4.69) is 86.8 Å². The van der Waals surface area contributed by atoms with Crippen molar-refractivity contribution < 1.29 is 24.2 Å². The normalized spacial score (nSPS) is 12.6. The van der Waals surface area contributed by atoms with Crippen LogP contribution in [0.1, 0.15) is 335 Å². The van der Waals surface area contributed by atoms with Crippen LogP contribution in [0.5, 0.6) is 0 Å². The van der Waals surface area contributed by atoms with E-state index >= 15 is 0 Å². The summed E-state index contributed by atoms with van der Waals surface area (Å²) in [5.41, 5.74) is 0. The molecule has 0 saturated carbocycles. The van der Waals surface area contributed by atoms with Crippen LogP contribution in [0.15, 0.2) is 72.9 Å². The highest BCUT2D eigenvalue weighted by molar-refractivity contribution is 5.70. The maximum absolute atomic E-state index is 12.3. The van der Waals surface area contributed by atoms with E-state index in [0.717, 1.165) is 70.6 Å². The summed E-state index contributed by atoms with van der Waals surface area (Å²) in [6.07, 6.45) is 89.1. The van der Waals surface area contributed by atoms with Gasteiger partial charge in [0.25, 0.3) is 0 Å². The number of esters is 2.